The molecule has 4 aromatic rings. The number of carbonyl (C=O) groups excluding carboxylic acids is 3. The molecule has 42 heavy (non-hydrogen) atoms. The molecular formula is C31H26Cl2F2N2O5. The Bertz CT molecular complexity index is 1610. The summed E-state index contributed by atoms with van der Waals surface area (Å²) >= 11 is 11.8. The van der Waals surface area contributed by atoms with E-state index in [4.69, 9.17) is 38.4 Å². The van der Waals surface area contributed by atoms with Crippen LogP contribution in [0.4, 0.5) is 20.2 Å². The molecule has 0 fully saturated rings. The maximum absolute atomic E-state index is 13.5. The van der Waals surface area contributed by atoms with E-state index in [0.29, 0.717) is 35.4 Å². The summed E-state index contributed by atoms with van der Waals surface area (Å²) in [5.74, 6) is -1.40. The first kappa shape index (κ1) is 32.0. The second-order valence-corrected chi connectivity index (χ2v) is 9.36. The molecule has 0 heterocycles. The minimum Gasteiger partial charge on any atom is -0.493 e. The van der Waals surface area contributed by atoms with Crippen molar-refractivity contribution < 1.29 is 32.6 Å². The van der Waals surface area contributed by atoms with Gasteiger partial charge in [0.05, 0.1) is 30.0 Å². The molecule has 0 aliphatic carbocycles. The zero-order valence-electron chi connectivity index (χ0n) is 22.6. The van der Waals surface area contributed by atoms with E-state index < -0.39 is 23.2 Å². The van der Waals surface area contributed by atoms with Crippen LogP contribution in [0.2, 0.25) is 10.0 Å². The lowest BCUT2D eigenvalue weighted by molar-refractivity contribution is -0.105. The van der Waals surface area contributed by atoms with Crippen LogP contribution >= 0.6 is 23.2 Å². The predicted octanol–water partition coefficient (Wildman–Crippen LogP) is 7.37. The van der Waals surface area contributed by atoms with E-state index in [-0.39, 0.29) is 39.4 Å². The van der Waals surface area contributed by atoms with Gasteiger partial charge >= 0.3 is 0 Å². The Labute approximate surface area is 251 Å². The van der Waals surface area contributed by atoms with Crippen molar-refractivity contribution in [2.75, 3.05) is 24.3 Å². The van der Waals surface area contributed by atoms with E-state index in [1.54, 1.807) is 26.0 Å². The van der Waals surface area contributed by atoms with Crippen molar-refractivity contribution in [1.82, 2.24) is 0 Å². The molecule has 1 amide bonds. The Balaban J connectivity index is 0.000000231. The van der Waals surface area contributed by atoms with Gasteiger partial charge in [0.25, 0.3) is 0 Å². The van der Waals surface area contributed by atoms with E-state index >= 15 is 0 Å². The molecule has 0 saturated heterocycles. The Hall–Kier alpha value is -4.47. The van der Waals surface area contributed by atoms with Crippen LogP contribution in [0, 0.1) is 11.6 Å². The summed E-state index contributed by atoms with van der Waals surface area (Å²) in [4.78, 5) is 35.8. The standard InChI is InChI=1S/C16H13ClFNO3.C15H13ClFNO2/c1-2-22-15-6-4-11(18)8-13(15)16(21)12-7-10(17)3-5-14(12)19-9-20;1-2-20-14-6-4-10(17)8-12(14)15(19)11-7-9(16)3-5-13(11)18/h3-9H,2H2,1H3,(H,19,20);3-8H,2,18H2,1H3. The molecule has 3 N–H and O–H groups in total. The van der Waals surface area contributed by atoms with Crippen LogP contribution < -0.4 is 20.5 Å². The maximum Gasteiger partial charge on any atom is 0.211 e. The molecular weight excluding hydrogens is 589 g/mol. The van der Waals surface area contributed by atoms with Gasteiger partial charge in [-0.05, 0) is 86.6 Å². The highest BCUT2D eigenvalue weighted by atomic mass is 35.5. The van der Waals surface area contributed by atoms with Gasteiger partial charge in [0.15, 0.2) is 11.6 Å². The third-order valence-electron chi connectivity index (χ3n) is 5.67. The number of hydrogen-bond acceptors (Lipinski definition) is 6. The molecule has 7 nitrogen and oxygen atoms in total. The SMILES string of the molecule is CCOc1ccc(F)cc1C(=O)c1cc(Cl)ccc1N.CCOc1ccc(F)cc1C(=O)c1cc(Cl)ccc1NC=O. The fourth-order valence-electron chi connectivity index (χ4n) is 3.83. The number of rotatable bonds is 10. The van der Waals surface area contributed by atoms with Crippen LogP contribution in [0.5, 0.6) is 11.5 Å². The van der Waals surface area contributed by atoms with Crippen LogP contribution in [0.15, 0.2) is 72.8 Å². The van der Waals surface area contributed by atoms with Crippen LogP contribution in [-0.4, -0.2) is 31.2 Å². The van der Waals surface area contributed by atoms with Crippen molar-refractivity contribution >= 4 is 52.6 Å². The Morgan fingerprint density at radius 3 is 1.71 bits per heavy atom. The molecule has 0 spiro atoms. The number of halogens is 4. The average molecular weight is 615 g/mol. The smallest absolute Gasteiger partial charge is 0.211 e. The third kappa shape index (κ3) is 8.05. The molecule has 0 saturated carbocycles. The van der Waals surface area contributed by atoms with Crippen molar-refractivity contribution in [2.45, 2.75) is 13.8 Å². The molecule has 4 rings (SSSR count). The van der Waals surface area contributed by atoms with Gasteiger partial charge in [-0.3, -0.25) is 14.4 Å². The Morgan fingerprint density at radius 1 is 0.738 bits per heavy atom. The van der Waals surface area contributed by atoms with E-state index in [2.05, 4.69) is 5.32 Å². The number of nitrogens with one attached hydrogen (secondary N) is 1. The van der Waals surface area contributed by atoms with Crippen molar-refractivity contribution in [3.8, 4) is 11.5 Å². The summed E-state index contributed by atoms with van der Waals surface area (Å²) in [6.45, 7) is 4.25. The molecule has 0 radical (unpaired) electrons. The third-order valence-corrected chi connectivity index (χ3v) is 6.14. The number of anilines is 2. The summed E-state index contributed by atoms with van der Waals surface area (Å²) in [7, 11) is 0. The molecule has 0 bridgehead atoms. The lowest BCUT2D eigenvalue weighted by atomic mass is 10.0. The van der Waals surface area contributed by atoms with Crippen molar-refractivity contribution in [1.29, 1.82) is 0 Å². The highest BCUT2D eigenvalue weighted by Gasteiger charge is 2.20. The van der Waals surface area contributed by atoms with Gasteiger partial charge < -0.3 is 20.5 Å². The fraction of sp³-hybridized carbons (Fsp3) is 0.129. The quantitative estimate of drug-likeness (QED) is 0.110. The number of benzene rings is 4. The zero-order valence-corrected chi connectivity index (χ0v) is 24.1. The summed E-state index contributed by atoms with van der Waals surface area (Å²) in [5.41, 5.74) is 6.93. The Morgan fingerprint density at radius 2 is 1.21 bits per heavy atom. The highest BCUT2D eigenvalue weighted by molar-refractivity contribution is 6.32. The monoisotopic (exact) mass is 614 g/mol. The van der Waals surface area contributed by atoms with Crippen molar-refractivity contribution in [3.63, 3.8) is 0 Å². The van der Waals surface area contributed by atoms with Crippen LogP contribution in [0.25, 0.3) is 0 Å². The predicted molar refractivity (Wildman–Crippen MR) is 159 cm³/mol. The van der Waals surface area contributed by atoms with E-state index in [1.807, 2.05) is 0 Å². The first-order valence-electron chi connectivity index (χ1n) is 12.6. The minimum atomic E-state index is -0.557. The van der Waals surface area contributed by atoms with Gasteiger partial charge in [-0.1, -0.05) is 23.2 Å². The topological polar surface area (TPSA) is 108 Å². The second kappa shape index (κ2) is 15.0. The summed E-state index contributed by atoms with van der Waals surface area (Å²) in [6.07, 6.45) is 0.453. The minimum absolute atomic E-state index is 0.0677. The first-order valence-corrected chi connectivity index (χ1v) is 13.3. The van der Waals surface area contributed by atoms with Gasteiger partial charge in [-0.2, -0.15) is 0 Å². The maximum atomic E-state index is 13.5. The largest absolute Gasteiger partial charge is 0.493 e. The molecule has 0 aliphatic heterocycles. The number of amides is 1. The number of nitrogens with two attached hydrogens (primary N) is 1. The van der Waals surface area contributed by atoms with Crippen molar-refractivity contribution in [3.05, 3.63) is 117 Å². The normalized spacial score (nSPS) is 10.2. The van der Waals surface area contributed by atoms with Gasteiger partial charge in [-0.25, -0.2) is 8.78 Å². The lowest BCUT2D eigenvalue weighted by Crippen LogP contribution is -2.09. The van der Waals surface area contributed by atoms with Crippen LogP contribution in [-0.2, 0) is 4.79 Å². The van der Waals surface area contributed by atoms with Crippen LogP contribution in [0.3, 0.4) is 0 Å². The summed E-state index contributed by atoms with van der Waals surface area (Å²) < 4.78 is 37.6. The van der Waals surface area contributed by atoms with Gasteiger partial charge in [0, 0.05) is 26.9 Å². The summed E-state index contributed by atoms with van der Waals surface area (Å²) in [6, 6.07) is 16.5. The van der Waals surface area contributed by atoms with Gasteiger partial charge in [-0.15, -0.1) is 0 Å². The molecule has 0 atom stereocenters. The Kier molecular flexibility index (Phi) is 11.4. The highest BCUT2D eigenvalue weighted by Crippen LogP contribution is 2.29. The van der Waals surface area contributed by atoms with E-state index in [9.17, 15) is 23.2 Å². The number of hydrogen-bond donors (Lipinski definition) is 2. The first-order chi connectivity index (χ1) is 20.1. The molecule has 4 aromatic carbocycles. The summed E-state index contributed by atoms with van der Waals surface area (Å²) in [5, 5.41) is 3.14. The molecule has 218 valence electrons. The zero-order chi connectivity index (χ0) is 30.8. The van der Waals surface area contributed by atoms with Gasteiger partial charge in [0.2, 0.25) is 6.41 Å². The number of nitrogen functional groups attached to an aromatic ring is 1. The van der Waals surface area contributed by atoms with E-state index in [0.717, 1.165) is 12.1 Å². The van der Waals surface area contributed by atoms with Gasteiger partial charge in [0.1, 0.15) is 23.1 Å². The van der Waals surface area contributed by atoms with Crippen LogP contribution in [0.1, 0.15) is 45.7 Å². The number of carbonyl (C=O) groups is 3. The second-order valence-electron chi connectivity index (χ2n) is 8.49. The molecule has 11 heteroatoms. The molecule has 0 unspecified atom stereocenters. The molecule has 0 aromatic heterocycles. The number of ether oxygens (including phenoxy) is 2. The fourth-order valence-corrected chi connectivity index (χ4v) is 4.18. The van der Waals surface area contributed by atoms with Crippen molar-refractivity contribution in [2.24, 2.45) is 0 Å². The molecule has 0 aliphatic rings. The number of ketones is 2. The lowest BCUT2D eigenvalue weighted by Gasteiger charge is -2.12. The van der Waals surface area contributed by atoms with E-state index in [1.165, 1.54) is 48.5 Å². The average Bonchev–Trinajstić information content (AvgIpc) is 2.97.